The Morgan fingerprint density at radius 3 is 2.69 bits per heavy atom. The smallest absolute Gasteiger partial charge is 0.306 e. The molecule has 0 aliphatic carbocycles. The summed E-state index contributed by atoms with van der Waals surface area (Å²) in [6.07, 6.45) is 3.28. The molecule has 5 heteroatoms. The van der Waals surface area contributed by atoms with Crippen molar-refractivity contribution in [3.8, 4) is 5.75 Å². The van der Waals surface area contributed by atoms with Crippen LogP contribution < -0.4 is 4.74 Å². The first kappa shape index (κ1) is 19.4. The highest BCUT2D eigenvalue weighted by molar-refractivity contribution is 5.79. The number of fused-ring (bicyclic) bond motifs is 1. The number of aliphatic carboxylic acids is 1. The number of aromatic nitrogens is 1. The highest BCUT2D eigenvalue weighted by Crippen LogP contribution is 2.34. The Bertz CT molecular complexity index is 996. The summed E-state index contributed by atoms with van der Waals surface area (Å²) in [7, 11) is 0. The SMILES string of the molecule is CCOc1cccc(C(c2cnc3ccccc3c2)N2CCC(C(=O)O)CC2)c1. The van der Waals surface area contributed by atoms with Crippen LogP contribution in [0.5, 0.6) is 5.75 Å². The molecular weight excluding hydrogens is 364 g/mol. The lowest BCUT2D eigenvalue weighted by Crippen LogP contribution is -2.39. The standard InChI is InChI=1S/C24H26N2O3/c1-2-29-21-8-5-7-19(15-21)23(26-12-10-17(11-13-26)24(27)28)20-14-18-6-3-4-9-22(18)25-16-20/h3-9,14-17,23H,2,10-13H2,1H3,(H,27,28). The zero-order valence-corrected chi connectivity index (χ0v) is 16.6. The number of carboxylic acid groups (broad SMARTS) is 1. The number of likely N-dealkylation sites (tertiary alicyclic amines) is 1. The van der Waals surface area contributed by atoms with Crippen LogP contribution in [-0.4, -0.2) is 40.7 Å². The van der Waals surface area contributed by atoms with E-state index >= 15 is 0 Å². The molecule has 0 bridgehead atoms. The molecule has 1 aliphatic rings. The highest BCUT2D eigenvalue weighted by atomic mass is 16.5. The third-order valence-corrected chi connectivity index (χ3v) is 5.66. The fourth-order valence-electron chi connectivity index (χ4n) is 4.20. The van der Waals surface area contributed by atoms with Crippen molar-refractivity contribution in [3.05, 3.63) is 71.9 Å². The molecular formula is C24H26N2O3. The van der Waals surface area contributed by atoms with Crippen LogP contribution in [0.25, 0.3) is 10.9 Å². The quantitative estimate of drug-likeness (QED) is 0.670. The van der Waals surface area contributed by atoms with Gasteiger partial charge < -0.3 is 9.84 Å². The number of nitrogens with zero attached hydrogens (tertiary/aromatic N) is 2. The van der Waals surface area contributed by atoms with E-state index in [1.807, 2.05) is 43.5 Å². The minimum atomic E-state index is -0.688. The Morgan fingerprint density at radius 1 is 1.14 bits per heavy atom. The van der Waals surface area contributed by atoms with Crippen molar-refractivity contribution in [2.24, 2.45) is 5.92 Å². The van der Waals surface area contributed by atoms with Crippen molar-refractivity contribution in [2.45, 2.75) is 25.8 Å². The van der Waals surface area contributed by atoms with Crippen molar-refractivity contribution in [3.63, 3.8) is 0 Å². The molecule has 3 aromatic rings. The second-order valence-electron chi connectivity index (χ2n) is 7.52. The van der Waals surface area contributed by atoms with Gasteiger partial charge in [0.05, 0.1) is 24.1 Å². The van der Waals surface area contributed by atoms with Gasteiger partial charge in [0.2, 0.25) is 0 Å². The maximum atomic E-state index is 11.4. The van der Waals surface area contributed by atoms with E-state index in [4.69, 9.17) is 4.74 Å². The van der Waals surface area contributed by atoms with E-state index in [9.17, 15) is 9.90 Å². The number of rotatable bonds is 6. The number of carboxylic acids is 1. The Hall–Kier alpha value is -2.92. The minimum Gasteiger partial charge on any atom is -0.494 e. The number of carbonyl (C=O) groups is 1. The zero-order chi connectivity index (χ0) is 20.2. The maximum absolute atomic E-state index is 11.4. The lowest BCUT2D eigenvalue weighted by Gasteiger charge is -2.37. The predicted octanol–water partition coefficient (Wildman–Crippen LogP) is 4.52. The molecule has 1 unspecified atom stereocenters. The van der Waals surface area contributed by atoms with Gasteiger partial charge in [-0.25, -0.2) is 0 Å². The van der Waals surface area contributed by atoms with Crippen molar-refractivity contribution in [1.82, 2.24) is 9.88 Å². The monoisotopic (exact) mass is 390 g/mol. The van der Waals surface area contributed by atoms with Gasteiger partial charge in [-0.15, -0.1) is 0 Å². The van der Waals surface area contributed by atoms with Gasteiger partial charge in [-0.2, -0.15) is 0 Å². The fraction of sp³-hybridized carbons (Fsp3) is 0.333. The van der Waals surface area contributed by atoms with Crippen LogP contribution >= 0.6 is 0 Å². The number of piperidine rings is 1. The molecule has 5 nitrogen and oxygen atoms in total. The summed E-state index contributed by atoms with van der Waals surface area (Å²) in [5.41, 5.74) is 3.23. The number of pyridine rings is 1. The van der Waals surface area contributed by atoms with E-state index in [0.717, 1.165) is 40.9 Å². The second-order valence-corrected chi connectivity index (χ2v) is 7.52. The molecule has 0 radical (unpaired) electrons. The van der Waals surface area contributed by atoms with Gasteiger partial charge in [0.1, 0.15) is 5.75 Å². The van der Waals surface area contributed by atoms with Crippen LogP contribution in [0.2, 0.25) is 0 Å². The van der Waals surface area contributed by atoms with Gasteiger partial charge in [0.15, 0.2) is 0 Å². The average Bonchev–Trinajstić information content (AvgIpc) is 2.75. The molecule has 4 rings (SSSR count). The van der Waals surface area contributed by atoms with E-state index in [2.05, 4.69) is 34.1 Å². The number of para-hydroxylation sites is 1. The molecule has 1 saturated heterocycles. The molecule has 1 aliphatic heterocycles. The number of benzene rings is 2. The van der Waals surface area contributed by atoms with Gasteiger partial charge in [0.25, 0.3) is 0 Å². The third kappa shape index (κ3) is 4.25. The summed E-state index contributed by atoms with van der Waals surface area (Å²) in [5, 5.41) is 10.5. The number of ether oxygens (including phenoxy) is 1. The van der Waals surface area contributed by atoms with Gasteiger partial charge in [-0.1, -0.05) is 30.3 Å². The summed E-state index contributed by atoms with van der Waals surface area (Å²) in [6.45, 7) is 4.09. The molecule has 0 spiro atoms. The first-order valence-electron chi connectivity index (χ1n) is 10.2. The molecule has 1 aromatic heterocycles. The molecule has 2 aromatic carbocycles. The first-order chi connectivity index (χ1) is 14.2. The molecule has 1 N–H and O–H groups in total. The zero-order valence-electron chi connectivity index (χ0n) is 16.6. The molecule has 0 amide bonds. The van der Waals surface area contributed by atoms with E-state index in [-0.39, 0.29) is 12.0 Å². The van der Waals surface area contributed by atoms with Crippen molar-refractivity contribution < 1.29 is 14.6 Å². The Morgan fingerprint density at radius 2 is 1.93 bits per heavy atom. The van der Waals surface area contributed by atoms with Crippen molar-refractivity contribution in [1.29, 1.82) is 0 Å². The maximum Gasteiger partial charge on any atom is 0.306 e. The largest absolute Gasteiger partial charge is 0.494 e. The fourth-order valence-corrected chi connectivity index (χ4v) is 4.20. The normalized spacial score (nSPS) is 16.6. The predicted molar refractivity (Wildman–Crippen MR) is 113 cm³/mol. The van der Waals surface area contributed by atoms with Gasteiger partial charge >= 0.3 is 5.97 Å². The highest BCUT2D eigenvalue weighted by Gasteiger charge is 2.30. The Labute approximate surface area is 170 Å². The summed E-state index contributed by atoms with van der Waals surface area (Å²) >= 11 is 0. The summed E-state index contributed by atoms with van der Waals surface area (Å²) < 4.78 is 5.73. The molecule has 150 valence electrons. The van der Waals surface area contributed by atoms with Crippen LogP contribution in [0.4, 0.5) is 0 Å². The molecule has 0 saturated carbocycles. The van der Waals surface area contributed by atoms with Crippen LogP contribution in [0.1, 0.15) is 36.9 Å². The molecule has 1 fully saturated rings. The minimum absolute atomic E-state index is 0.0160. The third-order valence-electron chi connectivity index (χ3n) is 5.66. The number of hydrogen-bond acceptors (Lipinski definition) is 4. The van der Waals surface area contributed by atoms with Gasteiger partial charge in [-0.05, 0) is 68.2 Å². The van der Waals surface area contributed by atoms with E-state index < -0.39 is 5.97 Å². The number of hydrogen-bond donors (Lipinski definition) is 1. The van der Waals surface area contributed by atoms with Gasteiger partial charge in [0, 0.05) is 11.6 Å². The lowest BCUT2D eigenvalue weighted by molar-refractivity contribution is -0.143. The van der Waals surface area contributed by atoms with Crippen molar-refractivity contribution >= 4 is 16.9 Å². The van der Waals surface area contributed by atoms with Crippen LogP contribution in [0, 0.1) is 5.92 Å². The second kappa shape index (κ2) is 8.62. The Balaban J connectivity index is 1.72. The molecule has 1 atom stereocenters. The summed E-state index contributed by atoms with van der Waals surface area (Å²) in [4.78, 5) is 18.4. The van der Waals surface area contributed by atoms with Gasteiger partial charge in [-0.3, -0.25) is 14.7 Å². The summed E-state index contributed by atoms with van der Waals surface area (Å²) in [6, 6.07) is 18.5. The lowest BCUT2D eigenvalue weighted by atomic mass is 9.91. The summed E-state index contributed by atoms with van der Waals surface area (Å²) in [5.74, 6) is -0.0903. The van der Waals surface area contributed by atoms with Crippen LogP contribution in [0.15, 0.2) is 60.8 Å². The molecule has 2 heterocycles. The van der Waals surface area contributed by atoms with Crippen molar-refractivity contribution in [2.75, 3.05) is 19.7 Å². The van der Waals surface area contributed by atoms with Crippen LogP contribution in [-0.2, 0) is 4.79 Å². The Kier molecular flexibility index (Phi) is 5.76. The van der Waals surface area contributed by atoms with Crippen LogP contribution in [0.3, 0.4) is 0 Å². The average molecular weight is 390 g/mol. The van der Waals surface area contributed by atoms with E-state index in [1.54, 1.807) is 0 Å². The van der Waals surface area contributed by atoms with E-state index in [1.165, 1.54) is 0 Å². The topological polar surface area (TPSA) is 62.7 Å². The first-order valence-corrected chi connectivity index (χ1v) is 10.2. The van der Waals surface area contributed by atoms with E-state index in [0.29, 0.717) is 19.4 Å². The molecule has 29 heavy (non-hydrogen) atoms.